The van der Waals surface area contributed by atoms with Crippen molar-refractivity contribution in [1.29, 1.82) is 0 Å². The Kier molecular flexibility index (Phi) is 3.72. The molecule has 1 aromatic heterocycles. The van der Waals surface area contributed by atoms with Crippen molar-refractivity contribution >= 4 is 11.3 Å². The number of hydrogen-bond acceptors (Lipinski definition) is 4. The van der Waals surface area contributed by atoms with Gasteiger partial charge in [-0.1, -0.05) is 6.42 Å². The molecule has 0 radical (unpaired) electrons. The third-order valence-corrected chi connectivity index (χ3v) is 3.91. The molecule has 0 saturated heterocycles. The number of aryl methyl sites for hydroxylation is 1. The highest BCUT2D eigenvalue weighted by Gasteiger charge is 2.24. The van der Waals surface area contributed by atoms with Crippen LogP contribution in [0.3, 0.4) is 0 Å². The van der Waals surface area contributed by atoms with E-state index in [1.54, 1.807) is 11.3 Å². The Morgan fingerprint density at radius 3 is 3.07 bits per heavy atom. The van der Waals surface area contributed by atoms with Gasteiger partial charge in [-0.15, -0.1) is 11.3 Å². The molecule has 2 atom stereocenters. The summed E-state index contributed by atoms with van der Waals surface area (Å²) in [5, 5.41) is 14.2. The molecule has 4 heteroatoms. The van der Waals surface area contributed by atoms with Crippen LogP contribution in [0.2, 0.25) is 0 Å². The SMILES string of the molecule is Cc1ncc(CNCC2CCCC2O)s1. The smallest absolute Gasteiger partial charge is 0.0897 e. The van der Waals surface area contributed by atoms with E-state index in [-0.39, 0.29) is 6.10 Å². The number of aliphatic hydroxyl groups is 1. The number of nitrogens with zero attached hydrogens (tertiary/aromatic N) is 1. The van der Waals surface area contributed by atoms with Crippen LogP contribution in [0.25, 0.3) is 0 Å². The van der Waals surface area contributed by atoms with Gasteiger partial charge < -0.3 is 10.4 Å². The summed E-state index contributed by atoms with van der Waals surface area (Å²) in [4.78, 5) is 5.49. The van der Waals surface area contributed by atoms with E-state index in [0.29, 0.717) is 5.92 Å². The highest BCUT2D eigenvalue weighted by Crippen LogP contribution is 2.24. The van der Waals surface area contributed by atoms with Crippen LogP contribution in [-0.2, 0) is 6.54 Å². The van der Waals surface area contributed by atoms with E-state index in [0.717, 1.165) is 30.9 Å². The summed E-state index contributed by atoms with van der Waals surface area (Å²) in [5.74, 6) is 0.457. The van der Waals surface area contributed by atoms with Crippen LogP contribution in [0, 0.1) is 12.8 Å². The minimum atomic E-state index is -0.0827. The Bertz CT molecular complexity index is 313. The minimum Gasteiger partial charge on any atom is -0.393 e. The van der Waals surface area contributed by atoms with Gasteiger partial charge in [0.05, 0.1) is 11.1 Å². The van der Waals surface area contributed by atoms with Gasteiger partial charge in [0.15, 0.2) is 0 Å². The van der Waals surface area contributed by atoms with Crippen LogP contribution >= 0.6 is 11.3 Å². The second-order valence-electron chi connectivity index (χ2n) is 4.23. The van der Waals surface area contributed by atoms with Gasteiger partial charge in [-0.05, 0) is 25.7 Å². The number of hydrogen-bond donors (Lipinski definition) is 2. The fraction of sp³-hybridized carbons (Fsp3) is 0.727. The fourth-order valence-electron chi connectivity index (χ4n) is 2.12. The molecule has 3 nitrogen and oxygen atoms in total. The molecule has 1 aliphatic rings. The van der Waals surface area contributed by atoms with Crippen molar-refractivity contribution in [1.82, 2.24) is 10.3 Å². The van der Waals surface area contributed by atoms with Gasteiger partial charge in [-0.3, -0.25) is 0 Å². The molecule has 15 heavy (non-hydrogen) atoms. The molecule has 1 aromatic rings. The van der Waals surface area contributed by atoms with Crippen LogP contribution < -0.4 is 5.32 Å². The molecule has 84 valence electrons. The van der Waals surface area contributed by atoms with Crippen LogP contribution in [0.4, 0.5) is 0 Å². The molecule has 1 saturated carbocycles. The monoisotopic (exact) mass is 226 g/mol. The normalized spacial score (nSPS) is 26.0. The molecule has 0 spiro atoms. The van der Waals surface area contributed by atoms with Crippen LogP contribution in [0.5, 0.6) is 0 Å². The molecule has 2 unspecified atom stereocenters. The average Bonchev–Trinajstić information content (AvgIpc) is 2.77. The van der Waals surface area contributed by atoms with Crippen molar-refractivity contribution < 1.29 is 5.11 Å². The Morgan fingerprint density at radius 2 is 2.47 bits per heavy atom. The van der Waals surface area contributed by atoms with Gasteiger partial charge in [0, 0.05) is 24.2 Å². The second kappa shape index (κ2) is 5.05. The summed E-state index contributed by atoms with van der Waals surface area (Å²) < 4.78 is 0. The van der Waals surface area contributed by atoms with E-state index in [4.69, 9.17) is 0 Å². The maximum absolute atomic E-state index is 9.64. The van der Waals surface area contributed by atoms with Crippen LogP contribution in [-0.4, -0.2) is 22.7 Å². The summed E-state index contributed by atoms with van der Waals surface area (Å²) >= 11 is 1.73. The molecule has 1 aliphatic carbocycles. The predicted molar refractivity (Wildman–Crippen MR) is 61.9 cm³/mol. The molecule has 1 fully saturated rings. The molecule has 0 amide bonds. The molecule has 1 heterocycles. The van der Waals surface area contributed by atoms with Gasteiger partial charge >= 0.3 is 0 Å². The van der Waals surface area contributed by atoms with E-state index in [1.807, 2.05) is 13.1 Å². The Balaban J connectivity index is 1.70. The van der Waals surface area contributed by atoms with E-state index >= 15 is 0 Å². The zero-order chi connectivity index (χ0) is 10.7. The largest absolute Gasteiger partial charge is 0.393 e. The summed E-state index contributed by atoms with van der Waals surface area (Å²) in [6.07, 6.45) is 5.16. The fourth-order valence-corrected chi connectivity index (χ4v) is 2.89. The molecule has 2 N–H and O–H groups in total. The third kappa shape index (κ3) is 3.00. The highest BCUT2D eigenvalue weighted by atomic mass is 32.1. The highest BCUT2D eigenvalue weighted by molar-refractivity contribution is 7.11. The molecule has 0 aromatic carbocycles. The Morgan fingerprint density at radius 1 is 1.60 bits per heavy atom. The topological polar surface area (TPSA) is 45.2 Å². The predicted octanol–water partition coefficient (Wildman–Crippen LogP) is 1.70. The van der Waals surface area contributed by atoms with E-state index in [1.165, 1.54) is 11.3 Å². The van der Waals surface area contributed by atoms with Gasteiger partial charge in [-0.25, -0.2) is 4.98 Å². The van der Waals surface area contributed by atoms with E-state index < -0.39 is 0 Å². The summed E-state index contributed by atoms with van der Waals surface area (Å²) in [7, 11) is 0. The van der Waals surface area contributed by atoms with Gasteiger partial charge in [0.1, 0.15) is 0 Å². The van der Waals surface area contributed by atoms with E-state index in [9.17, 15) is 5.11 Å². The molecular formula is C11H18N2OS. The van der Waals surface area contributed by atoms with Gasteiger partial charge in [0.25, 0.3) is 0 Å². The van der Waals surface area contributed by atoms with Crippen molar-refractivity contribution in [2.45, 2.75) is 38.8 Å². The van der Waals surface area contributed by atoms with Crippen molar-refractivity contribution in [3.8, 4) is 0 Å². The second-order valence-corrected chi connectivity index (χ2v) is 5.55. The quantitative estimate of drug-likeness (QED) is 0.821. The maximum Gasteiger partial charge on any atom is 0.0897 e. The lowest BCUT2D eigenvalue weighted by molar-refractivity contribution is 0.131. The molecule has 0 bridgehead atoms. The maximum atomic E-state index is 9.64. The lowest BCUT2D eigenvalue weighted by Crippen LogP contribution is -2.27. The van der Waals surface area contributed by atoms with Crippen LogP contribution in [0.1, 0.15) is 29.1 Å². The van der Waals surface area contributed by atoms with Crippen LogP contribution in [0.15, 0.2) is 6.20 Å². The average molecular weight is 226 g/mol. The first-order valence-electron chi connectivity index (χ1n) is 5.56. The van der Waals surface area contributed by atoms with Gasteiger partial charge in [0.2, 0.25) is 0 Å². The Hall–Kier alpha value is -0.450. The molecular weight excluding hydrogens is 208 g/mol. The van der Waals surface area contributed by atoms with Gasteiger partial charge in [-0.2, -0.15) is 0 Å². The van der Waals surface area contributed by atoms with Crippen molar-refractivity contribution in [3.05, 3.63) is 16.1 Å². The molecule has 0 aliphatic heterocycles. The number of aliphatic hydroxyl groups excluding tert-OH is 1. The van der Waals surface area contributed by atoms with Crippen molar-refractivity contribution in [3.63, 3.8) is 0 Å². The third-order valence-electron chi connectivity index (χ3n) is 2.99. The minimum absolute atomic E-state index is 0.0827. The lowest BCUT2D eigenvalue weighted by atomic mass is 10.1. The first kappa shape index (κ1) is 11.0. The first-order valence-corrected chi connectivity index (χ1v) is 6.37. The number of rotatable bonds is 4. The van der Waals surface area contributed by atoms with Crippen molar-refractivity contribution in [2.24, 2.45) is 5.92 Å². The summed E-state index contributed by atoms with van der Waals surface area (Å²) in [5.41, 5.74) is 0. The zero-order valence-corrected chi connectivity index (χ0v) is 9.89. The number of nitrogens with one attached hydrogen (secondary N) is 1. The summed E-state index contributed by atoms with van der Waals surface area (Å²) in [6.45, 7) is 3.84. The molecule has 2 rings (SSSR count). The standard InChI is InChI=1S/C11H18N2OS/c1-8-13-7-10(15-8)6-12-5-9-3-2-4-11(9)14/h7,9,11-12,14H,2-6H2,1H3. The lowest BCUT2D eigenvalue weighted by Gasteiger charge is -2.14. The summed E-state index contributed by atoms with van der Waals surface area (Å²) in [6, 6.07) is 0. The number of thiazole rings is 1. The first-order chi connectivity index (χ1) is 7.25. The van der Waals surface area contributed by atoms with E-state index in [2.05, 4.69) is 10.3 Å². The zero-order valence-electron chi connectivity index (χ0n) is 9.07. The number of aromatic nitrogens is 1. The Labute approximate surface area is 94.5 Å². The van der Waals surface area contributed by atoms with Crippen molar-refractivity contribution in [2.75, 3.05) is 6.54 Å².